The molecule has 2 N–H and O–H groups in total. The van der Waals surface area contributed by atoms with E-state index in [1.165, 1.54) is 10.6 Å². The van der Waals surface area contributed by atoms with Gasteiger partial charge in [0.15, 0.2) is 11.6 Å². The van der Waals surface area contributed by atoms with Crippen molar-refractivity contribution in [2.45, 2.75) is 32.7 Å². The number of rotatable bonds is 6. The fourth-order valence-electron chi connectivity index (χ4n) is 2.02. The Labute approximate surface area is 122 Å². The van der Waals surface area contributed by atoms with Crippen LogP contribution >= 0.6 is 0 Å². The van der Waals surface area contributed by atoms with Crippen molar-refractivity contribution in [2.75, 3.05) is 0 Å². The molecule has 0 spiro atoms. The van der Waals surface area contributed by atoms with Gasteiger partial charge in [0, 0.05) is 31.4 Å². The summed E-state index contributed by atoms with van der Waals surface area (Å²) < 4.78 is 3.25. The van der Waals surface area contributed by atoms with Gasteiger partial charge in [-0.25, -0.2) is 9.67 Å². The predicted molar refractivity (Wildman–Crippen MR) is 78.5 cm³/mol. The van der Waals surface area contributed by atoms with E-state index in [4.69, 9.17) is 5.73 Å². The third kappa shape index (κ3) is 3.56. The zero-order valence-electron chi connectivity index (χ0n) is 12.2. The topological polar surface area (TPSA) is 95.8 Å². The molecule has 7 heteroatoms. The number of aryl methyl sites for hydroxylation is 2. The van der Waals surface area contributed by atoms with E-state index in [0.717, 1.165) is 18.4 Å². The first-order valence-corrected chi connectivity index (χ1v) is 6.90. The van der Waals surface area contributed by atoms with E-state index >= 15 is 0 Å². The average molecular weight is 289 g/mol. The van der Waals surface area contributed by atoms with Crippen LogP contribution in [-0.4, -0.2) is 25.2 Å². The zero-order valence-corrected chi connectivity index (χ0v) is 12.2. The fraction of sp³-hybridized carbons (Fsp3) is 0.429. The van der Waals surface area contributed by atoms with Gasteiger partial charge in [-0.3, -0.25) is 9.59 Å². The number of carbonyl (C=O) groups is 1. The number of hydrogen-bond donors (Lipinski definition) is 1. The van der Waals surface area contributed by atoms with Crippen LogP contribution in [0.3, 0.4) is 0 Å². The van der Waals surface area contributed by atoms with Crippen LogP contribution in [-0.2, 0) is 24.8 Å². The molecule has 0 bridgehead atoms. The molecule has 1 amide bonds. The van der Waals surface area contributed by atoms with Crippen LogP contribution in [0, 0.1) is 0 Å². The summed E-state index contributed by atoms with van der Waals surface area (Å²) in [6, 6.07) is 3.20. The summed E-state index contributed by atoms with van der Waals surface area (Å²) in [4.78, 5) is 26.9. The molecule has 0 unspecified atom stereocenters. The highest BCUT2D eigenvalue weighted by atomic mass is 16.1. The lowest BCUT2D eigenvalue weighted by Gasteiger charge is -2.06. The minimum atomic E-state index is -0.463. The third-order valence-corrected chi connectivity index (χ3v) is 3.12. The normalized spacial score (nSPS) is 10.8. The van der Waals surface area contributed by atoms with Gasteiger partial charge in [0.05, 0.1) is 6.42 Å². The zero-order chi connectivity index (χ0) is 15.4. The largest absolute Gasteiger partial charge is 0.369 e. The summed E-state index contributed by atoms with van der Waals surface area (Å²) in [5, 5.41) is 4.33. The van der Waals surface area contributed by atoms with E-state index in [0.29, 0.717) is 18.2 Å². The van der Waals surface area contributed by atoms with Crippen LogP contribution in [0.2, 0.25) is 0 Å². The second-order valence-corrected chi connectivity index (χ2v) is 4.94. The standard InChI is InChI=1S/C14H19N5O2/c1-3-4-7-19-14(16-12(17-19)8-11(15)20)10-5-6-13(21)18(2)9-10/h5-6,9H,3-4,7-8H2,1-2H3,(H2,15,20). The Hall–Kier alpha value is -2.44. The highest BCUT2D eigenvalue weighted by Crippen LogP contribution is 2.16. The maximum Gasteiger partial charge on any atom is 0.250 e. The second-order valence-electron chi connectivity index (χ2n) is 4.94. The van der Waals surface area contributed by atoms with Crippen molar-refractivity contribution in [3.05, 3.63) is 34.5 Å². The molecular weight excluding hydrogens is 270 g/mol. The Kier molecular flexibility index (Phi) is 4.52. The van der Waals surface area contributed by atoms with Crippen molar-refractivity contribution < 1.29 is 4.79 Å². The van der Waals surface area contributed by atoms with Gasteiger partial charge in [-0.1, -0.05) is 13.3 Å². The fourth-order valence-corrected chi connectivity index (χ4v) is 2.02. The number of hydrogen-bond acceptors (Lipinski definition) is 4. The Balaban J connectivity index is 2.43. The van der Waals surface area contributed by atoms with Crippen LogP contribution in [0.25, 0.3) is 11.4 Å². The number of pyridine rings is 1. The molecule has 0 aromatic carbocycles. The van der Waals surface area contributed by atoms with Crippen molar-refractivity contribution in [1.82, 2.24) is 19.3 Å². The van der Waals surface area contributed by atoms with E-state index in [9.17, 15) is 9.59 Å². The first-order valence-electron chi connectivity index (χ1n) is 6.90. The van der Waals surface area contributed by atoms with Gasteiger partial charge >= 0.3 is 0 Å². The molecule has 0 aliphatic carbocycles. The van der Waals surface area contributed by atoms with Gasteiger partial charge < -0.3 is 10.3 Å². The highest BCUT2D eigenvalue weighted by Gasteiger charge is 2.14. The first kappa shape index (κ1) is 15.0. The van der Waals surface area contributed by atoms with Gasteiger partial charge in [-0.15, -0.1) is 0 Å². The summed E-state index contributed by atoms with van der Waals surface area (Å²) in [5.74, 6) is 0.590. The maximum absolute atomic E-state index is 11.5. The summed E-state index contributed by atoms with van der Waals surface area (Å²) in [6.07, 6.45) is 3.70. The summed E-state index contributed by atoms with van der Waals surface area (Å²) in [5.41, 5.74) is 5.89. The average Bonchev–Trinajstić information content (AvgIpc) is 2.81. The first-order chi connectivity index (χ1) is 10.0. The molecule has 0 saturated carbocycles. The number of amides is 1. The molecule has 21 heavy (non-hydrogen) atoms. The number of aromatic nitrogens is 4. The molecule has 0 aliphatic heterocycles. The maximum atomic E-state index is 11.5. The van der Waals surface area contributed by atoms with E-state index in [-0.39, 0.29) is 12.0 Å². The van der Waals surface area contributed by atoms with E-state index < -0.39 is 5.91 Å². The Morgan fingerprint density at radius 3 is 2.76 bits per heavy atom. The van der Waals surface area contributed by atoms with Gasteiger partial charge in [0.1, 0.15) is 0 Å². The van der Waals surface area contributed by atoms with Crippen molar-refractivity contribution >= 4 is 5.91 Å². The van der Waals surface area contributed by atoms with Crippen molar-refractivity contribution in [3.63, 3.8) is 0 Å². The van der Waals surface area contributed by atoms with Crippen LogP contribution in [0.4, 0.5) is 0 Å². The molecule has 0 atom stereocenters. The monoisotopic (exact) mass is 289 g/mol. The number of primary amides is 1. The van der Waals surface area contributed by atoms with Crippen molar-refractivity contribution in [3.8, 4) is 11.4 Å². The van der Waals surface area contributed by atoms with Crippen LogP contribution in [0.15, 0.2) is 23.1 Å². The van der Waals surface area contributed by atoms with E-state index in [2.05, 4.69) is 17.0 Å². The number of unbranched alkanes of at least 4 members (excludes halogenated alkanes) is 1. The molecule has 2 aromatic heterocycles. The Bertz CT molecular complexity index is 702. The molecule has 0 radical (unpaired) electrons. The number of nitrogens with zero attached hydrogens (tertiary/aromatic N) is 4. The Morgan fingerprint density at radius 2 is 2.14 bits per heavy atom. The second kappa shape index (κ2) is 6.34. The lowest BCUT2D eigenvalue weighted by molar-refractivity contribution is -0.117. The Morgan fingerprint density at radius 1 is 1.38 bits per heavy atom. The third-order valence-electron chi connectivity index (χ3n) is 3.12. The molecule has 0 aliphatic rings. The molecule has 2 heterocycles. The predicted octanol–water partition coefficient (Wildman–Crippen LogP) is 0.472. The molecule has 2 rings (SSSR count). The number of nitrogens with two attached hydrogens (primary N) is 1. The minimum Gasteiger partial charge on any atom is -0.369 e. The van der Waals surface area contributed by atoms with Crippen molar-refractivity contribution in [1.29, 1.82) is 0 Å². The van der Waals surface area contributed by atoms with Crippen LogP contribution in [0.5, 0.6) is 0 Å². The highest BCUT2D eigenvalue weighted by molar-refractivity contribution is 5.75. The smallest absolute Gasteiger partial charge is 0.250 e. The molecule has 7 nitrogen and oxygen atoms in total. The molecule has 0 saturated heterocycles. The van der Waals surface area contributed by atoms with Gasteiger partial charge in [0.25, 0.3) is 0 Å². The van der Waals surface area contributed by atoms with Crippen molar-refractivity contribution in [2.24, 2.45) is 12.8 Å². The van der Waals surface area contributed by atoms with Crippen LogP contribution < -0.4 is 11.3 Å². The lowest BCUT2D eigenvalue weighted by atomic mass is 10.2. The van der Waals surface area contributed by atoms with Gasteiger partial charge in [-0.2, -0.15) is 5.10 Å². The summed E-state index contributed by atoms with van der Waals surface area (Å²) >= 11 is 0. The van der Waals surface area contributed by atoms with Gasteiger partial charge in [-0.05, 0) is 12.5 Å². The minimum absolute atomic E-state index is 0.0118. The van der Waals surface area contributed by atoms with Gasteiger partial charge in [0.2, 0.25) is 11.5 Å². The SMILES string of the molecule is CCCCn1nc(CC(N)=O)nc1-c1ccc(=O)n(C)c1. The molecule has 0 fully saturated rings. The number of carbonyl (C=O) groups excluding carboxylic acids is 1. The molecular formula is C14H19N5O2. The summed E-state index contributed by atoms with van der Waals surface area (Å²) in [6.45, 7) is 2.80. The molecule has 112 valence electrons. The van der Waals surface area contributed by atoms with Crippen LogP contribution in [0.1, 0.15) is 25.6 Å². The van der Waals surface area contributed by atoms with E-state index in [1.54, 1.807) is 24.0 Å². The quantitative estimate of drug-likeness (QED) is 0.836. The van der Waals surface area contributed by atoms with E-state index in [1.807, 2.05) is 0 Å². The lowest BCUT2D eigenvalue weighted by Crippen LogP contribution is -2.14. The summed E-state index contributed by atoms with van der Waals surface area (Å²) in [7, 11) is 1.68. The molecule has 2 aromatic rings.